The van der Waals surface area contributed by atoms with E-state index in [1.165, 1.54) is 11.1 Å². The van der Waals surface area contributed by atoms with Crippen molar-refractivity contribution in [1.29, 1.82) is 0 Å². The fourth-order valence-electron chi connectivity index (χ4n) is 2.60. The fraction of sp³-hybridized carbons (Fsp3) is 0.438. The predicted octanol–water partition coefficient (Wildman–Crippen LogP) is 2.20. The van der Waals surface area contributed by atoms with Gasteiger partial charge in [0.2, 0.25) is 0 Å². The quantitative estimate of drug-likeness (QED) is 0.906. The molecule has 0 spiro atoms. The number of rotatable bonds is 5. The van der Waals surface area contributed by atoms with Crippen molar-refractivity contribution in [2.45, 2.75) is 38.6 Å². The molecule has 106 valence electrons. The van der Waals surface area contributed by atoms with Crippen molar-refractivity contribution in [3.63, 3.8) is 0 Å². The standard InChI is InChI=1S/C16H21N3O/c1-13-16(7-8-20-13)17-9-15-10-18-19(12-15)11-14-5-3-2-4-6-14/h2-6,10,12-13,16-17H,7-9,11H2,1H3. The van der Waals surface area contributed by atoms with E-state index in [9.17, 15) is 0 Å². The van der Waals surface area contributed by atoms with Crippen molar-refractivity contribution in [2.75, 3.05) is 6.61 Å². The molecule has 0 bridgehead atoms. The second kappa shape index (κ2) is 6.20. The minimum absolute atomic E-state index is 0.314. The second-order valence-corrected chi connectivity index (χ2v) is 5.38. The Morgan fingerprint density at radius 1 is 1.30 bits per heavy atom. The van der Waals surface area contributed by atoms with Crippen LogP contribution in [0.1, 0.15) is 24.5 Å². The number of ether oxygens (including phenoxy) is 1. The Balaban J connectivity index is 1.54. The van der Waals surface area contributed by atoms with E-state index in [4.69, 9.17) is 4.74 Å². The molecule has 2 atom stereocenters. The lowest BCUT2D eigenvalue weighted by Crippen LogP contribution is -2.34. The molecule has 4 nitrogen and oxygen atoms in total. The molecule has 1 N–H and O–H groups in total. The van der Waals surface area contributed by atoms with E-state index in [1.807, 2.05) is 16.9 Å². The fourth-order valence-corrected chi connectivity index (χ4v) is 2.60. The van der Waals surface area contributed by atoms with Crippen LogP contribution in [0.3, 0.4) is 0 Å². The molecule has 1 fully saturated rings. The first-order valence-electron chi connectivity index (χ1n) is 7.21. The van der Waals surface area contributed by atoms with Crippen LogP contribution in [0.4, 0.5) is 0 Å². The summed E-state index contributed by atoms with van der Waals surface area (Å²) in [5, 5.41) is 7.97. The van der Waals surface area contributed by atoms with Crippen LogP contribution in [-0.2, 0) is 17.8 Å². The smallest absolute Gasteiger partial charge is 0.0700 e. The van der Waals surface area contributed by atoms with Crippen molar-refractivity contribution >= 4 is 0 Å². The topological polar surface area (TPSA) is 39.1 Å². The van der Waals surface area contributed by atoms with Crippen molar-refractivity contribution < 1.29 is 4.74 Å². The van der Waals surface area contributed by atoms with Gasteiger partial charge < -0.3 is 10.1 Å². The first-order chi connectivity index (χ1) is 9.81. The highest BCUT2D eigenvalue weighted by molar-refractivity contribution is 5.15. The van der Waals surface area contributed by atoms with Crippen LogP contribution >= 0.6 is 0 Å². The van der Waals surface area contributed by atoms with E-state index >= 15 is 0 Å². The molecule has 3 rings (SSSR count). The molecule has 0 saturated carbocycles. The van der Waals surface area contributed by atoms with Crippen LogP contribution in [0.25, 0.3) is 0 Å². The van der Waals surface area contributed by atoms with E-state index in [2.05, 4.69) is 47.8 Å². The van der Waals surface area contributed by atoms with Gasteiger partial charge in [0.15, 0.2) is 0 Å². The average molecular weight is 271 g/mol. The largest absolute Gasteiger partial charge is 0.377 e. The summed E-state index contributed by atoms with van der Waals surface area (Å²) in [6.07, 6.45) is 5.46. The molecule has 0 radical (unpaired) electrons. The third-order valence-electron chi connectivity index (χ3n) is 3.82. The Bertz CT molecular complexity index is 538. The number of nitrogens with zero attached hydrogens (tertiary/aromatic N) is 2. The highest BCUT2D eigenvalue weighted by Gasteiger charge is 2.23. The molecule has 1 aliphatic heterocycles. The molecular weight excluding hydrogens is 250 g/mol. The summed E-state index contributed by atoms with van der Waals surface area (Å²) in [6.45, 7) is 4.67. The minimum Gasteiger partial charge on any atom is -0.377 e. The monoisotopic (exact) mass is 271 g/mol. The number of hydrogen-bond acceptors (Lipinski definition) is 3. The molecule has 1 aliphatic rings. The maximum Gasteiger partial charge on any atom is 0.0700 e. The van der Waals surface area contributed by atoms with Gasteiger partial charge in [-0.3, -0.25) is 4.68 Å². The minimum atomic E-state index is 0.314. The molecule has 1 aromatic carbocycles. The predicted molar refractivity (Wildman–Crippen MR) is 78.4 cm³/mol. The Kier molecular flexibility index (Phi) is 4.14. The summed E-state index contributed by atoms with van der Waals surface area (Å²) in [5.41, 5.74) is 2.49. The van der Waals surface area contributed by atoms with Gasteiger partial charge in [0, 0.05) is 31.0 Å². The van der Waals surface area contributed by atoms with Gasteiger partial charge >= 0.3 is 0 Å². The first-order valence-corrected chi connectivity index (χ1v) is 7.21. The van der Waals surface area contributed by atoms with Crippen molar-refractivity contribution in [3.05, 3.63) is 53.9 Å². The summed E-state index contributed by atoms with van der Waals surface area (Å²) in [6, 6.07) is 10.9. The molecule has 20 heavy (non-hydrogen) atoms. The summed E-state index contributed by atoms with van der Waals surface area (Å²) in [4.78, 5) is 0. The van der Waals surface area contributed by atoms with Gasteiger partial charge in [0.05, 0.1) is 18.8 Å². The molecule has 1 aromatic heterocycles. The Labute approximate surface area is 119 Å². The molecule has 4 heteroatoms. The Hall–Kier alpha value is -1.65. The maximum absolute atomic E-state index is 5.55. The lowest BCUT2D eigenvalue weighted by molar-refractivity contribution is 0.113. The van der Waals surface area contributed by atoms with E-state index < -0.39 is 0 Å². The lowest BCUT2D eigenvalue weighted by atomic mass is 10.1. The Morgan fingerprint density at radius 2 is 2.15 bits per heavy atom. The summed E-state index contributed by atoms with van der Waals surface area (Å²) < 4.78 is 7.54. The van der Waals surface area contributed by atoms with Crippen LogP contribution in [0.2, 0.25) is 0 Å². The highest BCUT2D eigenvalue weighted by Crippen LogP contribution is 2.13. The molecule has 2 unspecified atom stereocenters. The third kappa shape index (κ3) is 3.26. The zero-order valence-electron chi connectivity index (χ0n) is 11.8. The van der Waals surface area contributed by atoms with Gasteiger partial charge in [-0.05, 0) is 18.9 Å². The van der Waals surface area contributed by atoms with E-state index in [-0.39, 0.29) is 0 Å². The number of aromatic nitrogens is 2. The highest BCUT2D eigenvalue weighted by atomic mass is 16.5. The molecule has 1 saturated heterocycles. The van der Waals surface area contributed by atoms with E-state index in [0.717, 1.165) is 26.1 Å². The van der Waals surface area contributed by atoms with Gasteiger partial charge in [0.1, 0.15) is 0 Å². The van der Waals surface area contributed by atoms with Crippen molar-refractivity contribution in [2.24, 2.45) is 0 Å². The van der Waals surface area contributed by atoms with Crippen LogP contribution in [0, 0.1) is 0 Å². The van der Waals surface area contributed by atoms with Crippen molar-refractivity contribution in [3.8, 4) is 0 Å². The van der Waals surface area contributed by atoms with Gasteiger partial charge in [-0.1, -0.05) is 30.3 Å². The van der Waals surface area contributed by atoms with Crippen LogP contribution in [0.5, 0.6) is 0 Å². The second-order valence-electron chi connectivity index (χ2n) is 5.38. The van der Waals surface area contributed by atoms with Gasteiger partial charge in [-0.15, -0.1) is 0 Å². The zero-order valence-corrected chi connectivity index (χ0v) is 11.8. The lowest BCUT2D eigenvalue weighted by Gasteiger charge is -2.14. The molecular formula is C16H21N3O. The molecule has 2 heterocycles. The first kappa shape index (κ1) is 13.3. The van der Waals surface area contributed by atoms with Crippen LogP contribution < -0.4 is 5.32 Å². The molecule has 2 aromatic rings. The third-order valence-corrected chi connectivity index (χ3v) is 3.82. The SMILES string of the molecule is CC1OCCC1NCc1cnn(Cc2ccccc2)c1. The average Bonchev–Trinajstić information content (AvgIpc) is 3.07. The zero-order chi connectivity index (χ0) is 13.8. The van der Waals surface area contributed by atoms with Crippen molar-refractivity contribution in [1.82, 2.24) is 15.1 Å². The van der Waals surface area contributed by atoms with E-state index in [0.29, 0.717) is 12.1 Å². The summed E-state index contributed by atoms with van der Waals surface area (Å²) in [5.74, 6) is 0. The van der Waals surface area contributed by atoms with Gasteiger partial charge in [-0.2, -0.15) is 5.10 Å². The van der Waals surface area contributed by atoms with Gasteiger partial charge in [0.25, 0.3) is 0 Å². The van der Waals surface area contributed by atoms with Crippen LogP contribution in [0.15, 0.2) is 42.7 Å². The van der Waals surface area contributed by atoms with Gasteiger partial charge in [-0.25, -0.2) is 0 Å². The maximum atomic E-state index is 5.55. The number of nitrogens with one attached hydrogen (secondary N) is 1. The Morgan fingerprint density at radius 3 is 2.90 bits per heavy atom. The number of benzene rings is 1. The van der Waals surface area contributed by atoms with E-state index in [1.54, 1.807) is 0 Å². The number of hydrogen-bond donors (Lipinski definition) is 1. The normalized spacial score (nSPS) is 22.2. The molecule has 0 amide bonds. The summed E-state index contributed by atoms with van der Waals surface area (Å²) >= 11 is 0. The molecule has 0 aliphatic carbocycles. The van der Waals surface area contributed by atoms with Crippen LogP contribution in [-0.4, -0.2) is 28.5 Å². The summed E-state index contributed by atoms with van der Waals surface area (Å²) in [7, 11) is 0.